The zero-order valence-corrected chi connectivity index (χ0v) is 10.5. The zero-order valence-electron chi connectivity index (χ0n) is 9.57. The Morgan fingerprint density at radius 3 is 2.33 bits per heavy atom. The average Bonchev–Trinajstić information content (AvgIpc) is 2.64. The Balaban J connectivity index is 0.000000583. The van der Waals surface area contributed by atoms with Crippen molar-refractivity contribution in [2.24, 2.45) is 0 Å². The van der Waals surface area contributed by atoms with Crippen molar-refractivity contribution in [2.75, 3.05) is 32.3 Å². The molecule has 2 radical (unpaired) electrons. The minimum absolute atomic E-state index is 0.0388. The van der Waals surface area contributed by atoms with Gasteiger partial charge in [0.2, 0.25) is 0 Å². The molecule has 0 spiro atoms. The van der Waals surface area contributed by atoms with Crippen LogP contribution in [0.5, 0.6) is 0 Å². The molecule has 0 aromatic carbocycles. The second kappa shape index (κ2) is 8.04. The molecule has 1 fully saturated rings. The number of ether oxygens (including phenoxy) is 1. The number of hydrogen-bond donors (Lipinski definition) is 0. The van der Waals surface area contributed by atoms with E-state index in [1.165, 1.54) is 32.3 Å². The third-order valence-corrected chi connectivity index (χ3v) is 6.82. The van der Waals surface area contributed by atoms with Gasteiger partial charge in [0.05, 0.1) is 32.0 Å². The van der Waals surface area contributed by atoms with Crippen LogP contribution in [0, 0.1) is 0 Å². The number of esters is 1. The molecule has 0 atom stereocenters. The SMILES string of the molecule is COC(=O)CC[P+]1(C)CCCC1.[B]B=O. The van der Waals surface area contributed by atoms with Crippen molar-refractivity contribution >= 4 is 28.0 Å². The first-order valence-electron chi connectivity index (χ1n) is 5.13. The summed E-state index contributed by atoms with van der Waals surface area (Å²) in [5, 5.41) is 0. The molecule has 3 nitrogen and oxygen atoms in total. The fourth-order valence-corrected chi connectivity index (χ4v) is 5.15. The summed E-state index contributed by atoms with van der Waals surface area (Å²) in [5.74, 6) is -0.0388. The Labute approximate surface area is 94.3 Å². The summed E-state index contributed by atoms with van der Waals surface area (Å²) in [5.41, 5.74) is 0. The molecule has 0 unspecified atom stereocenters. The molecule has 0 aliphatic carbocycles. The molecule has 0 bridgehead atoms. The van der Waals surface area contributed by atoms with E-state index in [1.54, 1.807) is 0 Å². The molecule has 6 heteroatoms. The molecular weight excluding hydrogens is 209 g/mol. The Morgan fingerprint density at radius 2 is 1.93 bits per heavy atom. The van der Waals surface area contributed by atoms with Gasteiger partial charge in [-0.15, -0.1) is 0 Å². The molecule has 1 rings (SSSR count). The van der Waals surface area contributed by atoms with Crippen molar-refractivity contribution < 1.29 is 14.2 Å². The molecule has 0 aromatic heterocycles. The van der Waals surface area contributed by atoms with Gasteiger partial charge in [0.1, 0.15) is 0 Å². The van der Waals surface area contributed by atoms with Gasteiger partial charge < -0.3 is 4.74 Å². The second-order valence-electron chi connectivity index (χ2n) is 3.96. The second-order valence-corrected chi connectivity index (χ2v) is 8.54. The van der Waals surface area contributed by atoms with Gasteiger partial charge in [0.25, 0.3) is 0 Å². The number of rotatable bonds is 3. The summed E-state index contributed by atoms with van der Waals surface area (Å²) in [4.78, 5) is 10.9. The minimum atomic E-state index is -0.688. The van der Waals surface area contributed by atoms with Crippen LogP contribution in [0.2, 0.25) is 0 Å². The standard InChI is InChI=1S/C9H18O2P.B2O/c1-11-9(10)5-8-12(2)6-3-4-7-12;1-2-3/h3-8H2,1-2H3;/q+1;. The van der Waals surface area contributed by atoms with Crippen molar-refractivity contribution in [3.05, 3.63) is 0 Å². The van der Waals surface area contributed by atoms with Gasteiger partial charge in [0.15, 0.2) is 0 Å². The molecule has 1 aliphatic rings. The first-order valence-corrected chi connectivity index (χ1v) is 7.93. The van der Waals surface area contributed by atoms with Crippen LogP contribution in [-0.2, 0) is 14.2 Å². The van der Waals surface area contributed by atoms with Gasteiger partial charge in [-0.25, -0.2) is 0 Å². The number of methoxy groups -OCH3 is 1. The normalized spacial score (nSPS) is 17.2. The van der Waals surface area contributed by atoms with E-state index in [1.807, 2.05) is 0 Å². The summed E-state index contributed by atoms with van der Waals surface area (Å²) >= 11 is 0. The monoisotopic (exact) mass is 227 g/mol. The molecular formula is C9H18B2O3P+. The summed E-state index contributed by atoms with van der Waals surface area (Å²) in [6.45, 7) is 2.39. The third-order valence-electron chi connectivity index (χ3n) is 2.73. The fraction of sp³-hybridized carbons (Fsp3) is 0.889. The van der Waals surface area contributed by atoms with Crippen LogP contribution in [0.4, 0.5) is 0 Å². The van der Waals surface area contributed by atoms with Gasteiger partial charge in [-0.1, -0.05) is 0 Å². The number of carbonyl (C=O) groups excluding carboxylic acids is 1. The maximum absolute atomic E-state index is 10.9. The predicted octanol–water partition coefficient (Wildman–Crippen LogP) is 1.11. The van der Waals surface area contributed by atoms with E-state index in [0.29, 0.717) is 6.42 Å². The van der Waals surface area contributed by atoms with Crippen LogP contribution in [0.1, 0.15) is 19.3 Å². The van der Waals surface area contributed by atoms with Crippen LogP contribution >= 0.6 is 7.26 Å². The molecule has 0 N–H and O–H groups in total. The molecule has 82 valence electrons. The van der Waals surface area contributed by atoms with Crippen LogP contribution < -0.4 is 0 Å². The Kier molecular flexibility index (Phi) is 7.95. The quantitative estimate of drug-likeness (QED) is 0.412. The van der Waals surface area contributed by atoms with E-state index in [0.717, 1.165) is 6.16 Å². The molecule has 1 heterocycles. The van der Waals surface area contributed by atoms with E-state index in [4.69, 9.17) is 4.70 Å². The van der Waals surface area contributed by atoms with E-state index in [-0.39, 0.29) is 13.0 Å². The summed E-state index contributed by atoms with van der Waals surface area (Å²) in [6.07, 6.45) is 7.30. The maximum atomic E-state index is 10.9. The fourth-order valence-electron chi connectivity index (χ4n) is 1.79. The topological polar surface area (TPSA) is 43.4 Å². The van der Waals surface area contributed by atoms with Gasteiger partial charge >= 0.3 is 25.5 Å². The van der Waals surface area contributed by atoms with Crippen molar-refractivity contribution in [1.29, 1.82) is 0 Å². The van der Waals surface area contributed by atoms with E-state index >= 15 is 0 Å². The van der Waals surface area contributed by atoms with Gasteiger partial charge in [-0.2, -0.15) is 0 Å². The summed E-state index contributed by atoms with van der Waals surface area (Å²) < 4.78 is 13.2. The molecule has 0 amide bonds. The summed E-state index contributed by atoms with van der Waals surface area (Å²) in [7, 11) is 5.20. The Bertz CT molecular complexity index is 206. The van der Waals surface area contributed by atoms with Gasteiger partial charge in [0, 0.05) is 13.9 Å². The Hall–Kier alpha value is -0.170. The van der Waals surface area contributed by atoms with E-state index in [9.17, 15) is 4.79 Å². The predicted molar refractivity (Wildman–Crippen MR) is 65.5 cm³/mol. The van der Waals surface area contributed by atoms with Crippen molar-refractivity contribution in [2.45, 2.75) is 19.3 Å². The van der Waals surface area contributed by atoms with Gasteiger partial charge in [-0.3, -0.25) is 4.79 Å². The molecule has 15 heavy (non-hydrogen) atoms. The third kappa shape index (κ3) is 6.83. The zero-order chi connectivity index (χ0) is 11.7. The number of hydrogen-bond acceptors (Lipinski definition) is 3. The van der Waals surface area contributed by atoms with Crippen molar-refractivity contribution in [3.63, 3.8) is 0 Å². The van der Waals surface area contributed by atoms with Crippen LogP contribution in [0.25, 0.3) is 0 Å². The first-order chi connectivity index (χ1) is 7.08. The van der Waals surface area contributed by atoms with E-state index in [2.05, 4.69) is 19.1 Å². The average molecular weight is 227 g/mol. The molecule has 0 saturated carbocycles. The molecule has 1 aliphatic heterocycles. The van der Waals surface area contributed by atoms with Crippen LogP contribution in [0.3, 0.4) is 0 Å². The van der Waals surface area contributed by atoms with Gasteiger partial charge in [-0.05, 0) is 12.8 Å². The molecule has 1 saturated heterocycles. The molecule has 0 aromatic rings. The van der Waals surface area contributed by atoms with Crippen LogP contribution in [-0.4, -0.2) is 53.0 Å². The number of carbonyl (C=O) groups is 1. The van der Waals surface area contributed by atoms with Crippen LogP contribution in [0.15, 0.2) is 0 Å². The van der Waals surface area contributed by atoms with Crippen molar-refractivity contribution in [3.8, 4) is 0 Å². The first kappa shape index (κ1) is 14.8. The summed E-state index contributed by atoms with van der Waals surface area (Å²) in [6, 6.07) is 0. The Morgan fingerprint density at radius 1 is 1.47 bits per heavy atom. The van der Waals surface area contributed by atoms with Crippen molar-refractivity contribution in [1.82, 2.24) is 0 Å². The van der Waals surface area contributed by atoms with E-state index < -0.39 is 7.26 Å².